The quantitative estimate of drug-likeness (QED) is 0.943. The number of hydrogen-bond acceptors (Lipinski definition) is 4. The molecular formula is C13H17ClFN3S. The highest BCUT2D eigenvalue weighted by atomic mass is 35.5. The first-order chi connectivity index (χ1) is 8.54. The lowest BCUT2D eigenvalue weighted by Gasteiger charge is -2.15. The van der Waals surface area contributed by atoms with E-state index in [9.17, 15) is 4.39 Å². The van der Waals surface area contributed by atoms with Crippen molar-refractivity contribution >= 4 is 28.9 Å². The van der Waals surface area contributed by atoms with Gasteiger partial charge in [0.2, 0.25) is 0 Å². The van der Waals surface area contributed by atoms with Gasteiger partial charge in [-0.25, -0.2) is 9.37 Å². The summed E-state index contributed by atoms with van der Waals surface area (Å²) in [6.07, 6.45) is 1.80. The number of hydrogen-bond donors (Lipinski definition) is 1. The molecule has 0 bridgehead atoms. The number of benzene rings is 1. The molecule has 0 aliphatic rings. The van der Waals surface area contributed by atoms with Gasteiger partial charge in [0.25, 0.3) is 0 Å². The topological polar surface area (TPSA) is 42.2 Å². The van der Waals surface area contributed by atoms with Crippen LogP contribution in [0.4, 0.5) is 9.52 Å². The summed E-state index contributed by atoms with van der Waals surface area (Å²) in [5, 5.41) is 0.594. The maximum Gasteiger partial charge on any atom is 0.180 e. The van der Waals surface area contributed by atoms with Crippen molar-refractivity contribution in [3.05, 3.63) is 46.2 Å². The molecule has 0 saturated heterocycles. The van der Waals surface area contributed by atoms with Gasteiger partial charge >= 0.3 is 0 Å². The third-order valence-corrected chi connectivity index (χ3v) is 3.48. The minimum absolute atomic E-state index is 0. The molecular weight excluding hydrogens is 285 g/mol. The molecule has 2 N–H and O–H groups in total. The summed E-state index contributed by atoms with van der Waals surface area (Å²) >= 11 is 1.50. The summed E-state index contributed by atoms with van der Waals surface area (Å²) in [5.74, 6) is -0.156. The second-order valence-electron chi connectivity index (χ2n) is 4.42. The van der Waals surface area contributed by atoms with Gasteiger partial charge in [0, 0.05) is 24.2 Å². The van der Waals surface area contributed by atoms with Crippen molar-refractivity contribution in [1.82, 2.24) is 9.88 Å². The van der Waals surface area contributed by atoms with Crippen LogP contribution >= 0.6 is 23.7 Å². The SMILES string of the molecule is Cc1cc(CN(C)Cc2cnc(N)s2)ccc1F.Cl. The maximum atomic E-state index is 13.2. The van der Waals surface area contributed by atoms with E-state index in [0.29, 0.717) is 10.7 Å². The highest BCUT2D eigenvalue weighted by Crippen LogP contribution is 2.17. The normalized spacial score (nSPS) is 10.5. The van der Waals surface area contributed by atoms with Crippen LogP contribution in [0.3, 0.4) is 0 Å². The molecule has 0 amide bonds. The largest absolute Gasteiger partial charge is 0.375 e. The molecule has 2 aromatic rings. The lowest BCUT2D eigenvalue weighted by Crippen LogP contribution is -2.16. The summed E-state index contributed by atoms with van der Waals surface area (Å²) in [7, 11) is 2.02. The molecule has 6 heteroatoms. The summed E-state index contributed by atoms with van der Waals surface area (Å²) in [5.41, 5.74) is 7.38. The van der Waals surface area contributed by atoms with Gasteiger partial charge in [-0.2, -0.15) is 0 Å². The Hall–Kier alpha value is -1.17. The molecule has 3 nitrogen and oxygen atoms in total. The van der Waals surface area contributed by atoms with Gasteiger partial charge in [0.1, 0.15) is 5.82 Å². The van der Waals surface area contributed by atoms with Crippen molar-refractivity contribution in [1.29, 1.82) is 0 Å². The smallest absolute Gasteiger partial charge is 0.180 e. The fourth-order valence-corrected chi connectivity index (χ4v) is 2.60. The van der Waals surface area contributed by atoms with Crippen LogP contribution in [0, 0.1) is 12.7 Å². The molecule has 104 valence electrons. The van der Waals surface area contributed by atoms with Gasteiger partial charge in [-0.1, -0.05) is 12.1 Å². The Morgan fingerprint density at radius 2 is 2.11 bits per heavy atom. The fourth-order valence-electron chi connectivity index (χ4n) is 1.83. The number of rotatable bonds is 4. The maximum absolute atomic E-state index is 13.2. The molecule has 0 aliphatic heterocycles. The van der Waals surface area contributed by atoms with Crippen molar-refractivity contribution in [2.75, 3.05) is 12.8 Å². The van der Waals surface area contributed by atoms with Gasteiger partial charge in [0.15, 0.2) is 5.13 Å². The number of halogens is 2. The molecule has 0 atom stereocenters. The van der Waals surface area contributed by atoms with E-state index >= 15 is 0 Å². The summed E-state index contributed by atoms with van der Waals surface area (Å²) < 4.78 is 13.2. The number of nitrogens with zero attached hydrogens (tertiary/aromatic N) is 2. The van der Waals surface area contributed by atoms with E-state index in [1.165, 1.54) is 17.4 Å². The van der Waals surface area contributed by atoms with Crippen LogP contribution < -0.4 is 5.73 Å². The highest BCUT2D eigenvalue weighted by molar-refractivity contribution is 7.15. The molecule has 0 saturated carbocycles. The van der Waals surface area contributed by atoms with Crippen LogP contribution in [0.15, 0.2) is 24.4 Å². The minimum Gasteiger partial charge on any atom is -0.375 e. The van der Waals surface area contributed by atoms with Crippen LogP contribution in [0.5, 0.6) is 0 Å². The standard InChI is InChI=1S/C13H16FN3S.ClH/c1-9-5-10(3-4-12(9)14)7-17(2)8-11-6-16-13(15)18-11;/h3-6H,7-8H2,1-2H3,(H2,15,16);1H. The zero-order valence-corrected chi connectivity index (χ0v) is 12.5. The van der Waals surface area contributed by atoms with E-state index in [-0.39, 0.29) is 18.2 Å². The molecule has 1 aromatic heterocycles. The highest BCUT2D eigenvalue weighted by Gasteiger charge is 2.06. The molecule has 2 rings (SSSR count). The van der Waals surface area contributed by atoms with Crippen LogP contribution in [0.25, 0.3) is 0 Å². The van der Waals surface area contributed by atoms with E-state index in [2.05, 4.69) is 9.88 Å². The van der Waals surface area contributed by atoms with Gasteiger partial charge in [-0.05, 0) is 31.2 Å². The van der Waals surface area contributed by atoms with Crippen molar-refractivity contribution in [3.8, 4) is 0 Å². The average molecular weight is 302 g/mol. The number of nitrogens with two attached hydrogens (primary N) is 1. The Morgan fingerprint density at radius 3 is 2.68 bits per heavy atom. The van der Waals surface area contributed by atoms with Gasteiger partial charge in [-0.15, -0.1) is 23.7 Å². The molecule has 0 fully saturated rings. The third kappa shape index (κ3) is 4.45. The zero-order valence-electron chi connectivity index (χ0n) is 10.9. The minimum atomic E-state index is -0.156. The number of aromatic nitrogens is 1. The molecule has 19 heavy (non-hydrogen) atoms. The van der Waals surface area contributed by atoms with E-state index in [4.69, 9.17) is 5.73 Å². The number of thiazole rings is 1. The monoisotopic (exact) mass is 301 g/mol. The molecule has 0 unspecified atom stereocenters. The number of anilines is 1. The predicted octanol–water partition coefficient (Wildman–Crippen LogP) is 3.23. The molecule has 1 aromatic carbocycles. The van der Waals surface area contributed by atoms with Crippen molar-refractivity contribution in [3.63, 3.8) is 0 Å². The van der Waals surface area contributed by atoms with E-state index in [1.807, 2.05) is 19.2 Å². The number of nitrogen functional groups attached to an aromatic ring is 1. The molecule has 0 aliphatic carbocycles. The van der Waals surface area contributed by atoms with Crippen molar-refractivity contribution in [2.24, 2.45) is 0 Å². The van der Waals surface area contributed by atoms with Gasteiger partial charge in [-0.3, -0.25) is 4.90 Å². The van der Waals surface area contributed by atoms with Gasteiger partial charge < -0.3 is 5.73 Å². The lowest BCUT2D eigenvalue weighted by atomic mass is 10.1. The summed E-state index contributed by atoms with van der Waals surface area (Å²) in [4.78, 5) is 7.31. The van der Waals surface area contributed by atoms with Crippen molar-refractivity contribution < 1.29 is 4.39 Å². The summed E-state index contributed by atoms with van der Waals surface area (Å²) in [6.45, 7) is 3.35. The predicted molar refractivity (Wildman–Crippen MR) is 80.1 cm³/mol. The average Bonchev–Trinajstić information content (AvgIpc) is 2.69. The van der Waals surface area contributed by atoms with Crippen LogP contribution in [-0.2, 0) is 13.1 Å². The third-order valence-electron chi connectivity index (χ3n) is 2.67. The van der Waals surface area contributed by atoms with E-state index < -0.39 is 0 Å². The lowest BCUT2D eigenvalue weighted by molar-refractivity contribution is 0.321. The van der Waals surface area contributed by atoms with E-state index in [0.717, 1.165) is 23.5 Å². The van der Waals surface area contributed by atoms with Crippen molar-refractivity contribution in [2.45, 2.75) is 20.0 Å². The fraction of sp³-hybridized carbons (Fsp3) is 0.308. The van der Waals surface area contributed by atoms with Crippen LogP contribution in [0.1, 0.15) is 16.0 Å². The Morgan fingerprint density at radius 1 is 1.37 bits per heavy atom. The first-order valence-corrected chi connectivity index (χ1v) is 6.50. The zero-order chi connectivity index (χ0) is 13.1. The summed E-state index contributed by atoms with van der Waals surface area (Å²) in [6, 6.07) is 5.22. The molecule has 0 spiro atoms. The Labute approximate surface area is 122 Å². The Balaban J connectivity index is 0.00000180. The molecule has 1 heterocycles. The van der Waals surface area contributed by atoms with E-state index in [1.54, 1.807) is 13.1 Å². The van der Waals surface area contributed by atoms with Gasteiger partial charge in [0.05, 0.1) is 0 Å². The van der Waals surface area contributed by atoms with Crippen LogP contribution in [-0.4, -0.2) is 16.9 Å². The first kappa shape index (κ1) is 15.9. The first-order valence-electron chi connectivity index (χ1n) is 5.68. The number of aryl methyl sites for hydroxylation is 1. The molecule has 0 radical (unpaired) electrons. The second kappa shape index (κ2) is 6.84. The Bertz CT molecular complexity index is 544. The second-order valence-corrected chi connectivity index (χ2v) is 5.57. The van der Waals surface area contributed by atoms with Crippen LogP contribution in [0.2, 0.25) is 0 Å². The Kier molecular flexibility index (Phi) is 5.72.